The van der Waals surface area contributed by atoms with E-state index in [2.05, 4.69) is 66.3 Å². The molecule has 0 spiro atoms. The van der Waals surface area contributed by atoms with Crippen molar-refractivity contribution in [1.82, 2.24) is 16.0 Å². The van der Waals surface area contributed by atoms with Crippen molar-refractivity contribution in [3.05, 3.63) is 36.5 Å². The van der Waals surface area contributed by atoms with Crippen LogP contribution in [0.1, 0.15) is 149 Å². The van der Waals surface area contributed by atoms with Crippen molar-refractivity contribution in [2.75, 3.05) is 19.6 Å². The molecule has 0 aromatic heterocycles. The largest absolute Gasteiger partial charge is 0.352 e. The van der Waals surface area contributed by atoms with Crippen LogP contribution in [0, 0.1) is 0 Å². The lowest BCUT2D eigenvalue weighted by Gasteiger charge is -2.26. The Morgan fingerprint density at radius 2 is 1.26 bits per heavy atom. The molecule has 0 radical (unpaired) electrons. The average Bonchev–Trinajstić information content (AvgIpc) is 2.96. The molecule has 0 aliphatic carbocycles. The molecule has 0 aromatic rings. The van der Waals surface area contributed by atoms with Crippen LogP contribution in [0.5, 0.6) is 0 Å². The third kappa shape index (κ3) is 23.1. The molecule has 4 heteroatoms. The molecule has 1 amide bonds. The van der Waals surface area contributed by atoms with E-state index in [-0.39, 0.29) is 11.9 Å². The molecule has 1 heterocycles. The quantitative estimate of drug-likeness (QED) is 0.0754. The lowest BCUT2D eigenvalue weighted by Crippen LogP contribution is -2.57. The molecule has 1 aliphatic rings. The summed E-state index contributed by atoms with van der Waals surface area (Å²) in [7, 11) is 0. The molecule has 1 rings (SSSR count). The van der Waals surface area contributed by atoms with E-state index in [1.807, 2.05) is 0 Å². The molecular formula is C35H65N3O. The first kappa shape index (κ1) is 35.6. The van der Waals surface area contributed by atoms with Crippen LogP contribution in [0.4, 0.5) is 0 Å². The van der Waals surface area contributed by atoms with Crippen molar-refractivity contribution in [1.29, 1.82) is 0 Å². The molecule has 2 unspecified atom stereocenters. The Hall–Kier alpha value is -1.39. The summed E-state index contributed by atoms with van der Waals surface area (Å²) < 4.78 is 0. The van der Waals surface area contributed by atoms with Crippen LogP contribution in [0.15, 0.2) is 36.5 Å². The van der Waals surface area contributed by atoms with E-state index in [9.17, 15) is 4.79 Å². The van der Waals surface area contributed by atoms with Crippen molar-refractivity contribution in [3.8, 4) is 0 Å². The maximum atomic E-state index is 12.8. The summed E-state index contributed by atoms with van der Waals surface area (Å²) in [4.78, 5) is 12.8. The number of piperazine rings is 1. The van der Waals surface area contributed by atoms with Crippen molar-refractivity contribution in [3.63, 3.8) is 0 Å². The Kier molecular flexibility index (Phi) is 25.7. The normalized spacial score (nSPS) is 17.0. The van der Waals surface area contributed by atoms with Crippen LogP contribution < -0.4 is 16.0 Å². The van der Waals surface area contributed by atoms with Crippen LogP contribution in [0.25, 0.3) is 0 Å². The van der Waals surface area contributed by atoms with Gasteiger partial charge in [-0.1, -0.05) is 120 Å². The fraction of sp³-hybridized carbons (Fsp3) is 0.800. The van der Waals surface area contributed by atoms with E-state index in [1.54, 1.807) is 0 Å². The summed E-state index contributed by atoms with van der Waals surface area (Å²) >= 11 is 0. The molecule has 4 nitrogen and oxygen atoms in total. The lowest BCUT2D eigenvalue weighted by molar-refractivity contribution is -0.124. The van der Waals surface area contributed by atoms with E-state index in [0.29, 0.717) is 6.04 Å². The van der Waals surface area contributed by atoms with Gasteiger partial charge in [0.25, 0.3) is 0 Å². The van der Waals surface area contributed by atoms with Gasteiger partial charge in [0, 0.05) is 25.7 Å². The number of carbonyl (C=O) groups excluding carboxylic acids is 1. The third-order valence-corrected chi connectivity index (χ3v) is 7.87. The Bertz CT molecular complexity index is 621. The second kappa shape index (κ2) is 28.1. The second-order valence-electron chi connectivity index (χ2n) is 11.6. The number of hydrogen-bond donors (Lipinski definition) is 3. The molecule has 0 saturated carbocycles. The first-order valence-electron chi connectivity index (χ1n) is 16.9. The first-order chi connectivity index (χ1) is 19.3. The van der Waals surface area contributed by atoms with E-state index in [4.69, 9.17) is 0 Å². The van der Waals surface area contributed by atoms with Gasteiger partial charge in [-0.05, 0) is 64.7 Å². The van der Waals surface area contributed by atoms with E-state index >= 15 is 0 Å². The monoisotopic (exact) mass is 544 g/mol. The molecule has 3 N–H and O–H groups in total. The van der Waals surface area contributed by atoms with E-state index < -0.39 is 0 Å². The number of allylic oxidation sites excluding steroid dienone is 6. The smallest absolute Gasteiger partial charge is 0.238 e. The van der Waals surface area contributed by atoms with Crippen molar-refractivity contribution in [2.24, 2.45) is 0 Å². The van der Waals surface area contributed by atoms with E-state index in [0.717, 1.165) is 38.9 Å². The Labute approximate surface area is 243 Å². The highest BCUT2D eigenvalue weighted by Gasteiger charge is 2.22. The zero-order chi connectivity index (χ0) is 28.1. The van der Waals surface area contributed by atoms with Crippen LogP contribution in [0.3, 0.4) is 0 Å². The highest BCUT2D eigenvalue weighted by Crippen LogP contribution is 2.15. The van der Waals surface area contributed by atoms with Crippen LogP contribution >= 0.6 is 0 Å². The molecule has 2 atom stereocenters. The van der Waals surface area contributed by atoms with Gasteiger partial charge < -0.3 is 16.0 Å². The van der Waals surface area contributed by atoms with E-state index in [1.165, 1.54) is 116 Å². The van der Waals surface area contributed by atoms with Gasteiger partial charge in [0.15, 0.2) is 0 Å². The number of carbonyl (C=O) groups is 1. The maximum Gasteiger partial charge on any atom is 0.238 e. The zero-order valence-electron chi connectivity index (χ0n) is 26.0. The predicted molar refractivity (Wildman–Crippen MR) is 172 cm³/mol. The minimum absolute atomic E-state index is 0.0747. The molecule has 226 valence electrons. The van der Waals surface area contributed by atoms with Crippen LogP contribution in [-0.2, 0) is 4.79 Å². The van der Waals surface area contributed by atoms with Crippen molar-refractivity contribution < 1.29 is 4.79 Å². The summed E-state index contributed by atoms with van der Waals surface area (Å²) in [5.74, 6) is 0.191. The Morgan fingerprint density at radius 3 is 1.79 bits per heavy atom. The van der Waals surface area contributed by atoms with Crippen molar-refractivity contribution in [2.45, 2.75) is 161 Å². The number of nitrogens with one attached hydrogen (secondary N) is 3. The number of unbranched alkanes of at least 4 members (excludes halogenated alkanes) is 15. The summed E-state index contributed by atoms with van der Waals surface area (Å²) in [6.07, 6.45) is 40.5. The minimum atomic E-state index is -0.0747. The summed E-state index contributed by atoms with van der Waals surface area (Å²) in [6, 6.07) is 0.260. The topological polar surface area (TPSA) is 53.2 Å². The Morgan fingerprint density at radius 1 is 0.718 bits per heavy atom. The number of amides is 1. The van der Waals surface area contributed by atoms with Crippen molar-refractivity contribution >= 4 is 5.91 Å². The molecular weight excluding hydrogens is 478 g/mol. The molecule has 0 aromatic carbocycles. The fourth-order valence-electron chi connectivity index (χ4n) is 5.33. The highest BCUT2D eigenvalue weighted by atomic mass is 16.2. The molecule has 39 heavy (non-hydrogen) atoms. The molecule has 0 bridgehead atoms. The zero-order valence-corrected chi connectivity index (χ0v) is 26.0. The predicted octanol–water partition coefficient (Wildman–Crippen LogP) is 8.93. The Balaban J connectivity index is 2.14. The van der Waals surface area contributed by atoms with Gasteiger partial charge in [-0.15, -0.1) is 0 Å². The lowest BCUT2D eigenvalue weighted by atomic mass is 9.99. The van der Waals surface area contributed by atoms with Gasteiger partial charge in [0.05, 0.1) is 6.04 Å². The minimum Gasteiger partial charge on any atom is -0.352 e. The first-order valence-corrected chi connectivity index (χ1v) is 16.9. The highest BCUT2D eigenvalue weighted by molar-refractivity contribution is 5.82. The summed E-state index contributed by atoms with van der Waals surface area (Å²) in [6.45, 7) is 6.94. The maximum absolute atomic E-state index is 12.8. The third-order valence-electron chi connectivity index (χ3n) is 7.87. The van der Waals surface area contributed by atoms with Gasteiger partial charge in [0.1, 0.15) is 0 Å². The van der Waals surface area contributed by atoms with Gasteiger partial charge in [-0.3, -0.25) is 4.79 Å². The van der Waals surface area contributed by atoms with Crippen LogP contribution in [0.2, 0.25) is 0 Å². The standard InChI is InChI=1S/C35H65N3O/c1-3-5-7-9-11-13-14-15-16-17-18-19-21-23-25-27-29-33(38-35(39)34-32-36-30-31-37-34)28-26-24-22-20-12-10-8-6-4-2/h4,6,11,13,15-16,33-34,36-37H,3,5,7-10,12,14,17-32H2,1-2H3,(H,38,39). The fourth-order valence-corrected chi connectivity index (χ4v) is 5.33. The number of rotatable bonds is 26. The van der Waals surface area contributed by atoms with Gasteiger partial charge >= 0.3 is 0 Å². The molecule has 1 saturated heterocycles. The molecule has 1 aliphatic heterocycles. The van der Waals surface area contributed by atoms with Crippen LogP contribution in [-0.4, -0.2) is 37.6 Å². The van der Waals surface area contributed by atoms with Gasteiger partial charge in [-0.2, -0.15) is 0 Å². The second-order valence-corrected chi connectivity index (χ2v) is 11.6. The SMILES string of the molecule is CC=CCCCCCCCCC(CCCCCCCCC=CCC=CCCCCC)NC(=O)C1CNCCN1. The number of hydrogen-bond acceptors (Lipinski definition) is 3. The average molecular weight is 544 g/mol. The summed E-state index contributed by atoms with van der Waals surface area (Å²) in [5.41, 5.74) is 0. The van der Waals surface area contributed by atoms with Gasteiger partial charge in [0.2, 0.25) is 5.91 Å². The van der Waals surface area contributed by atoms with Gasteiger partial charge in [-0.25, -0.2) is 0 Å². The molecule has 1 fully saturated rings. The summed E-state index contributed by atoms with van der Waals surface area (Å²) in [5, 5.41) is 10.1.